The molecule has 0 aromatic heterocycles. The molecule has 0 aromatic rings. The van der Waals surface area contributed by atoms with Crippen LogP contribution in [0.5, 0.6) is 0 Å². The van der Waals surface area contributed by atoms with Crippen LogP contribution in [0.1, 0.15) is 26.7 Å². The van der Waals surface area contributed by atoms with E-state index in [0.29, 0.717) is 12.3 Å². The summed E-state index contributed by atoms with van der Waals surface area (Å²) in [6, 6.07) is 0. The molecule has 0 rings (SSSR count). The van der Waals surface area contributed by atoms with Crippen molar-refractivity contribution in [2.75, 3.05) is 12.3 Å². The van der Waals surface area contributed by atoms with E-state index in [1.54, 1.807) is 0 Å². The van der Waals surface area contributed by atoms with Gasteiger partial charge in [0.25, 0.3) is 0 Å². The molecule has 0 heterocycles. The average molecular weight is 182 g/mol. The SMILES string of the molecule is CCCC[PH](O)(O)CC.[AlH3]. The van der Waals surface area contributed by atoms with Crippen LogP contribution in [0.15, 0.2) is 0 Å². The van der Waals surface area contributed by atoms with Gasteiger partial charge >= 0.3 is 56.5 Å². The minimum Gasteiger partial charge on any atom is 0.187 e. The van der Waals surface area contributed by atoms with Gasteiger partial charge in [-0.15, -0.1) is 0 Å². The molecule has 0 aliphatic rings. The Morgan fingerprint density at radius 3 is 2.00 bits per heavy atom. The monoisotopic (exact) mass is 182 g/mol. The number of hydrogen-bond donors (Lipinski definition) is 2. The van der Waals surface area contributed by atoms with Gasteiger partial charge in [0.15, 0.2) is 17.4 Å². The molecule has 2 nitrogen and oxygen atoms in total. The Balaban J connectivity index is 0. The fourth-order valence-electron chi connectivity index (χ4n) is 0.637. The molecular weight excluding hydrogens is 162 g/mol. The minimum absolute atomic E-state index is 0. The third kappa shape index (κ3) is 7.00. The van der Waals surface area contributed by atoms with Crippen molar-refractivity contribution in [3.05, 3.63) is 0 Å². The zero-order valence-electron chi connectivity index (χ0n) is 6.22. The van der Waals surface area contributed by atoms with E-state index in [9.17, 15) is 0 Å². The second-order valence-corrected chi connectivity index (χ2v) is 5.61. The molecule has 0 aromatic carbocycles. The van der Waals surface area contributed by atoms with Gasteiger partial charge in [0.2, 0.25) is 0 Å². The number of unbranched alkanes of at least 4 members (excludes halogenated alkanes) is 1. The first kappa shape index (κ1) is 13.5. The van der Waals surface area contributed by atoms with Crippen LogP contribution < -0.4 is 0 Å². The van der Waals surface area contributed by atoms with E-state index in [-0.39, 0.29) is 17.4 Å². The van der Waals surface area contributed by atoms with Gasteiger partial charge in [0.05, 0.1) is 0 Å². The predicted octanol–water partition coefficient (Wildman–Crippen LogP) is 0.187. The van der Waals surface area contributed by atoms with Gasteiger partial charge in [-0.05, 0) is 0 Å². The van der Waals surface area contributed by atoms with Crippen molar-refractivity contribution >= 4 is 25.1 Å². The molecule has 0 unspecified atom stereocenters. The van der Waals surface area contributed by atoms with E-state index in [1.165, 1.54) is 0 Å². The first-order valence-corrected chi connectivity index (χ1v) is 5.88. The van der Waals surface area contributed by atoms with Crippen molar-refractivity contribution < 1.29 is 9.79 Å². The van der Waals surface area contributed by atoms with Crippen LogP contribution in [-0.4, -0.2) is 39.5 Å². The summed E-state index contributed by atoms with van der Waals surface area (Å²) < 4.78 is 0. The molecule has 0 aliphatic carbocycles. The van der Waals surface area contributed by atoms with Crippen LogP contribution in [-0.2, 0) is 0 Å². The third-order valence-electron chi connectivity index (χ3n) is 1.50. The van der Waals surface area contributed by atoms with Gasteiger partial charge in [-0.3, -0.25) is 0 Å². The Labute approximate surface area is 74.3 Å². The number of rotatable bonds is 4. The summed E-state index contributed by atoms with van der Waals surface area (Å²) in [5.74, 6) is 0. The molecule has 2 N–H and O–H groups in total. The predicted molar refractivity (Wildman–Crippen MR) is 53.0 cm³/mol. The van der Waals surface area contributed by atoms with E-state index >= 15 is 0 Å². The maximum absolute atomic E-state index is 9.15. The quantitative estimate of drug-likeness (QED) is 0.481. The van der Waals surface area contributed by atoms with Gasteiger partial charge in [0, 0.05) is 0 Å². The minimum atomic E-state index is -2.70. The van der Waals surface area contributed by atoms with E-state index in [2.05, 4.69) is 6.92 Å². The Bertz CT molecular complexity index is 78.1. The van der Waals surface area contributed by atoms with Gasteiger partial charge in [0.1, 0.15) is 0 Å². The summed E-state index contributed by atoms with van der Waals surface area (Å²) in [6.07, 6.45) is 3.20. The molecule has 0 atom stereocenters. The van der Waals surface area contributed by atoms with Crippen LogP contribution in [0.25, 0.3) is 0 Å². The van der Waals surface area contributed by atoms with Crippen molar-refractivity contribution in [2.24, 2.45) is 0 Å². The van der Waals surface area contributed by atoms with E-state index in [4.69, 9.17) is 9.79 Å². The number of hydrogen-bond acceptors (Lipinski definition) is 2. The maximum Gasteiger partial charge on any atom is 0.187 e. The summed E-state index contributed by atoms with van der Waals surface area (Å²) >= 11 is 0. The van der Waals surface area contributed by atoms with E-state index in [1.807, 2.05) is 6.92 Å². The van der Waals surface area contributed by atoms with Crippen LogP contribution >= 0.6 is 7.72 Å². The largest absolute Gasteiger partial charge is 0.187 e. The Morgan fingerprint density at radius 2 is 1.70 bits per heavy atom. The molecule has 0 fully saturated rings. The van der Waals surface area contributed by atoms with Gasteiger partial charge in [-0.25, -0.2) is 0 Å². The smallest absolute Gasteiger partial charge is 0.187 e. The van der Waals surface area contributed by atoms with Gasteiger partial charge in [-0.1, -0.05) is 0 Å². The zero-order chi connectivity index (χ0) is 7.33. The summed E-state index contributed by atoms with van der Waals surface area (Å²) in [5.41, 5.74) is 0. The Morgan fingerprint density at radius 1 is 1.20 bits per heavy atom. The molecule has 4 heteroatoms. The first-order chi connectivity index (χ1) is 4.12. The second kappa shape index (κ2) is 6.58. The molecule has 0 aliphatic heterocycles. The molecule has 64 valence electrons. The summed E-state index contributed by atoms with van der Waals surface area (Å²) in [7, 11) is -2.70. The van der Waals surface area contributed by atoms with Crippen LogP contribution in [0.2, 0.25) is 0 Å². The first-order valence-electron chi connectivity index (χ1n) is 3.57. The second-order valence-electron chi connectivity index (χ2n) is 2.44. The third-order valence-corrected chi connectivity index (χ3v) is 3.78. The fraction of sp³-hybridized carbons (Fsp3) is 1.00. The average Bonchev–Trinajstić information content (AvgIpc) is 1.84. The summed E-state index contributed by atoms with van der Waals surface area (Å²) in [4.78, 5) is 18.3. The van der Waals surface area contributed by atoms with Crippen molar-refractivity contribution in [1.82, 2.24) is 0 Å². The van der Waals surface area contributed by atoms with Crippen molar-refractivity contribution in [2.45, 2.75) is 26.7 Å². The molecule has 0 saturated heterocycles. The Kier molecular flexibility index (Phi) is 8.87. The van der Waals surface area contributed by atoms with Crippen LogP contribution in [0.4, 0.5) is 0 Å². The molecule has 0 saturated carbocycles. The Hall–Kier alpha value is 0.882. The molecule has 0 spiro atoms. The van der Waals surface area contributed by atoms with Crippen molar-refractivity contribution in [3.8, 4) is 0 Å². The van der Waals surface area contributed by atoms with Gasteiger partial charge in [-0.2, -0.15) is 0 Å². The van der Waals surface area contributed by atoms with E-state index in [0.717, 1.165) is 12.8 Å². The van der Waals surface area contributed by atoms with Crippen LogP contribution in [0, 0.1) is 0 Å². The molecule has 10 heavy (non-hydrogen) atoms. The van der Waals surface area contributed by atoms with E-state index < -0.39 is 7.72 Å². The van der Waals surface area contributed by atoms with Crippen molar-refractivity contribution in [1.29, 1.82) is 0 Å². The normalized spacial score (nSPS) is 12.4. The zero-order valence-corrected chi connectivity index (χ0v) is 7.22. The molecule has 0 amide bonds. The van der Waals surface area contributed by atoms with Crippen LogP contribution in [0.3, 0.4) is 0 Å². The maximum atomic E-state index is 9.15. The molecule has 0 radical (unpaired) electrons. The summed E-state index contributed by atoms with van der Waals surface area (Å²) in [6.45, 7) is 3.89. The molecule has 0 bridgehead atoms. The summed E-state index contributed by atoms with van der Waals surface area (Å²) in [5, 5.41) is 0. The van der Waals surface area contributed by atoms with Gasteiger partial charge < -0.3 is 0 Å². The van der Waals surface area contributed by atoms with Crippen molar-refractivity contribution in [3.63, 3.8) is 0 Å². The topological polar surface area (TPSA) is 40.5 Å². The fourth-order valence-corrected chi connectivity index (χ4v) is 1.91. The standard InChI is InChI=1S/C6H17O2P.Al.3H/c1-3-5-6-9(7,8)4-2;;;;/h7-9H,3-6H2,1-2H3;;;;. The molecular formula is C6H20AlO2P.